The van der Waals surface area contributed by atoms with Gasteiger partial charge in [-0.1, -0.05) is 389 Å². The minimum Gasteiger partial charge on any atom is -0.462 e. The smallest absolute Gasteiger partial charge is 0.462 e. The summed E-state index contributed by atoms with van der Waals surface area (Å²) in [5.74, 6) is 0.435. The van der Waals surface area contributed by atoms with Gasteiger partial charge in [0.05, 0.1) is 26.4 Å². The third-order valence-electron chi connectivity index (χ3n) is 20.7. The second-order valence-electron chi connectivity index (χ2n) is 30.9. The minimum absolute atomic E-state index is 0.108. The van der Waals surface area contributed by atoms with Crippen molar-refractivity contribution >= 4 is 39.5 Å². The monoisotopic (exact) mass is 1510 g/mol. The van der Waals surface area contributed by atoms with Crippen LogP contribution >= 0.6 is 15.6 Å². The molecular formula is C84H164O17P2. The Bertz CT molecular complexity index is 2000. The molecule has 0 fully saturated rings. The van der Waals surface area contributed by atoms with Crippen LogP contribution in [0.1, 0.15) is 440 Å². The van der Waals surface area contributed by atoms with Gasteiger partial charge in [0.1, 0.15) is 19.3 Å². The van der Waals surface area contributed by atoms with E-state index in [1.165, 1.54) is 250 Å². The molecule has 19 heteroatoms. The molecule has 103 heavy (non-hydrogen) atoms. The van der Waals surface area contributed by atoms with Gasteiger partial charge in [-0.15, -0.1) is 0 Å². The maximum absolute atomic E-state index is 13.1. The Labute approximate surface area is 632 Å². The molecule has 0 aliphatic rings. The highest BCUT2D eigenvalue weighted by Gasteiger charge is 2.30. The summed E-state index contributed by atoms with van der Waals surface area (Å²) < 4.78 is 68.8. The van der Waals surface area contributed by atoms with Crippen LogP contribution in [0.2, 0.25) is 0 Å². The molecule has 8 atom stereocenters. The van der Waals surface area contributed by atoms with Gasteiger partial charge in [-0.3, -0.25) is 37.3 Å². The van der Waals surface area contributed by atoms with Gasteiger partial charge in [-0.2, -0.15) is 0 Å². The maximum Gasteiger partial charge on any atom is 0.472 e. The number of hydrogen-bond acceptors (Lipinski definition) is 15. The lowest BCUT2D eigenvalue weighted by Gasteiger charge is -2.21. The molecule has 0 aliphatic carbocycles. The number of hydrogen-bond donors (Lipinski definition) is 3. The molecule has 5 unspecified atom stereocenters. The number of phosphoric acid groups is 2. The average molecular weight is 1510 g/mol. The molecule has 0 heterocycles. The van der Waals surface area contributed by atoms with Crippen molar-refractivity contribution in [3.05, 3.63) is 0 Å². The second-order valence-corrected chi connectivity index (χ2v) is 33.9. The molecular weight excluding hydrogens is 1340 g/mol. The molecule has 0 rings (SSSR count). The number of ether oxygens (including phenoxy) is 4. The highest BCUT2D eigenvalue weighted by atomic mass is 31.2. The van der Waals surface area contributed by atoms with Gasteiger partial charge in [0.15, 0.2) is 12.2 Å². The van der Waals surface area contributed by atoms with E-state index in [2.05, 4.69) is 48.5 Å². The summed E-state index contributed by atoms with van der Waals surface area (Å²) in [5, 5.41) is 10.7. The molecule has 3 N–H and O–H groups in total. The zero-order chi connectivity index (χ0) is 75.8. The Balaban J connectivity index is 5.23. The lowest BCUT2D eigenvalue weighted by molar-refractivity contribution is -0.161. The molecule has 0 radical (unpaired) electrons. The van der Waals surface area contributed by atoms with Crippen LogP contribution in [0.4, 0.5) is 0 Å². The molecule has 0 aromatic rings. The van der Waals surface area contributed by atoms with Gasteiger partial charge in [0, 0.05) is 25.7 Å². The Morgan fingerprint density at radius 3 is 0.689 bits per heavy atom. The topological polar surface area (TPSA) is 237 Å². The maximum atomic E-state index is 13.1. The van der Waals surface area contributed by atoms with E-state index in [-0.39, 0.29) is 25.7 Å². The summed E-state index contributed by atoms with van der Waals surface area (Å²) in [5.41, 5.74) is 0. The van der Waals surface area contributed by atoms with Crippen LogP contribution in [0.5, 0.6) is 0 Å². The number of rotatable bonds is 82. The number of unbranched alkanes of at least 4 members (excludes halogenated alkanes) is 47. The molecule has 0 saturated heterocycles. The summed E-state index contributed by atoms with van der Waals surface area (Å²) in [7, 11) is -9.92. The zero-order valence-corrected chi connectivity index (χ0v) is 69.6. The number of esters is 4. The molecule has 0 spiro atoms. The van der Waals surface area contributed by atoms with Gasteiger partial charge in [-0.05, 0) is 43.4 Å². The van der Waals surface area contributed by atoms with E-state index < -0.39 is 97.5 Å². The summed E-state index contributed by atoms with van der Waals surface area (Å²) in [4.78, 5) is 73.1. The van der Waals surface area contributed by atoms with Crippen molar-refractivity contribution in [1.29, 1.82) is 0 Å². The number of carbonyl (C=O) groups is 4. The van der Waals surface area contributed by atoms with Crippen LogP contribution in [0.15, 0.2) is 0 Å². The van der Waals surface area contributed by atoms with Crippen LogP contribution in [0, 0.1) is 17.8 Å². The largest absolute Gasteiger partial charge is 0.472 e. The molecule has 0 amide bonds. The number of aliphatic hydroxyl groups excluding tert-OH is 1. The van der Waals surface area contributed by atoms with E-state index in [0.717, 1.165) is 108 Å². The van der Waals surface area contributed by atoms with Crippen molar-refractivity contribution in [3.63, 3.8) is 0 Å². The Kier molecular flexibility index (Phi) is 72.8. The summed E-state index contributed by atoms with van der Waals surface area (Å²) in [6.45, 7) is 12.1. The Hall–Kier alpha value is -1.94. The molecule has 612 valence electrons. The quantitative estimate of drug-likeness (QED) is 0.0222. The Morgan fingerprint density at radius 1 is 0.272 bits per heavy atom. The molecule has 0 aromatic heterocycles. The minimum atomic E-state index is -4.96. The fourth-order valence-electron chi connectivity index (χ4n) is 12.9. The van der Waals surface area contributed by atoms with Crippen LogP contribution < -0.4 is 0 Å². The third-order valence-corrected chi connectivity index (χ3v) is 22.6. The van der Waals surface area contributed by atoms with Gasteiger partial charge < -0.3 is 33.8 Å². The van der Waals surface area contributed by atoms with Gasteiger partial charge in [0.25, 0.3) is 0 Å². The standard InChI is InChI=1S/C84H164O17P2/c1-8-12-13-14-15-34-44-51-58-65-81(86)94-71-79(100-83(88)67-60-53-46-39-32-26-20-17-23-29-36-42-49-56-63-76(6)10-3)73-98-102(90,91)96-69-78(85)70-97-103(92,93)99-74-80(101-84(89)68-61-54-47-40-33-27-21-18-24-30-37-43-50-57-64-77(7)11-4)72-95-82(87)66-59-52-45-38-31-25-19-16-22-28-35-41-48-55-62-75(5)9-2/h75-80,85H,8-74H2,1-7H3,(H,90,91)(H,92,93)/t75?,76?,77?,78-,79+,80+/m0/s1. The normalized spacial score (nSPS) is 14.7. The van der Waals surface area contributed by atoms with Crippen molar-refractivity contribution in [2.24, 2.45) is 17.8 Å². The summed E-state index contributed by atoms with van der Waals surface area (Å²) in [6, 6.07) is 0. The van der Waals surface area contributed by atoms with Crippen molar-refractivity contribution in [3.8, 4) is 0 Å². The van der Waals surface area contributed by atoms with E-state index in [1.54, 1.807) is 0 Å². The highest BCUT2D eigenvalue weighted by molar-refractivity contribution is 7.47. The van der Waals surface area contributed by atoms with Gasteiger partial charge in [0.2, 0.25) is 0 Å². The number of aliphatic hydroxyl groups is 1. The van der Waals surface area contributed by atoms with Crippen LogP contribution in [0.25, 0.3) is 0 Å². The third kappa shape index (κ3) is 74.0. The first-order chi connectivity index (χ1) is 49.8. The second kappa shape index (κ2) is 74.2. The van der Waals surface area contributed by atoms with Gasteiger partial charge in [-0.25, -0.2) is 9.13 Å². The fraction of sp³-hybridized carbons (Fsp3) is 0.952. The predicted molar refractivity (Wildman–Crippen MR) is 423 cm³/mol. The van der Waals surface area contributed by atoms with E-state index in [9.17, 15) is 43.2 Å². The van der Waals surface area contributed by atoms with E-state index in [1.807, 2.05) is 0 Å². The highest BCUT2D eigenvalue weighted by Crippen LogP contribution is 2.45. The van der Waals surface area contributed by atoms with Crippen molar-refractivity contribution in [1.82, 2.24) is 0 Å². The average Bonchev–Trinajstić information content (AvgIpc) is 0.923. The first-order valence-corrected chi connectivity index (χ1v) is 46.5. The first kappa shape index (κ1) is 101. The van der Waals surface area contributed by atoms with Crippen LogP contribution in [-0.4, -0.2) is 96.7 Å². The van der Waals surface area contributed by atoms with E-state index >= 15 is 0 Å². The molecule has 17 nitrogen and oxygen atoms in total. The van der Waals surface area contributed by atoms with E-state index in [0.29, 0.717) is 25.7 Å². The molecule has 0 aromatic carbocycles. The van der Waals surface area contributed by atoms with Crippen molar-refractivity contribution < 1.29 is 80.2 Å². The summed E-state index contributed by atoms with van der Waals surface area (Å²) >= 11 is 0. The Morgan fingerprint density at radius 2 is 0.466 bits per heavy atom. The van der Waals surface area contributed by atoms with Crippen molar-refractivity contribution in [2.45, 2.75) is 458 Å². The fourth-order valence-corrected chi connectivity index (χ4v) is 14.5. The van der Waals surface area contributed by atoms with Gasteiger partial charge >= 0.3 is 39.5 Å². The number of phosphoric ester groups is 2. The molecule has 0 aliphatic heterocycles. The van der Waals surface area contributed by atoms with Crippen molar-refractivity contribution in [2.75, 3.05) is 39.6 Å². The first-order valence-electron chi connectivity index (χ1n) is 43.5. The lowest BCUT2D eigenvalue weighted by Crippen LogP contribution is -2.30. The molecule has 0 bridgehead atoms. The zero-order valence-electron chi connectivity index (χ0n) is 67.8. The predicted octanol–water partition coefficient (Wildman–Crippen LogP) is 25.3. The summed E-state index contributed by atoms with van der Waals surface area (Å²) in [6.07, 6.45) is 63.6. The van der Waals surface area contributed by atoms with E-state index in [4.69, 9.17) is 37.0 Å². The SMILES string of the molecule is CCCCCCCCCCCC(=O)OC[C@H](COP(=O)(O)OC[C@H](O)COP(=O)(O)OC[C@@H](COC(=O)CCCCCCCCCCCCCCCCC(C)CC)OC(=O)CCCCCCCCCCCCCCCCC(C)CC)OC(=O)CCCCCCCCCCCCCCCCC(C)CC. The van der Waals surface area contributed by atoms with Crippen LogP contribution in [0.3, 0.4) is 0 Å². The lowest BCUT2D eigenvalue weighted by atomic mass is 9.99. The molecule has 0 saturated carbocycles. The number of carbonyl (C=O) groups excluding carboxylic acids is 4. The van der Waals surface area contributed by atoms with Crippen LogP contribution in [-0.2, 0) is 65.4 Å².